The van der Waals surface area contributed by atoms with Crippen LogP contribution in [0.4, 0.5) is 20.2 Å². The number of carbonyl (C=O) groups excluding carboxylic acids is 1. The molecule has 9 nitrogen and oxygen atoms in total. The molecule has 3 N–H and O–H groups in total. The largest absolute Gasteiger partial charge is 0.398 e. The number of aromatic nitrogens is 5. The number of amides is 1. The molecule has 0 spiro atoms. The first-order chi connectivity index (χ1) is 18.2. The average Bonchev–Trinajstić information content (AvgIpc) is 3.31. The number of pyridine rings is 1. The molecule has 12 heteroatoms. The molecule has 0 fully saturated rings. The number of nitrogens with zero attached hydrogens (tertiary/aromatic N) is 5. The third-order valence-electron chi connectivity index (χ3n) is 6.66. The summed E-state index contributed by atoms with van der Waals surface area (Å²) in [6.07, 6.45) is 5.71. The van der Waals surface area contributed by atoms with E-state index in [1.165, 1.54) is 29.4 Å². The van der Waals surface area contributed by atoms with Crippen LogP contribution in [0.2, 0.25) is 5.02 Å². The fraction of sp³-hybridized carbons (Fsp3) is 0.269. The first-order valence-corrected chi connectivity index (χ1v) is 12.4. The van der Waals surface area contributed by atoms with E-state index in [1.807, 2.05) is 0 Å². The monoisotopic (exact) mass is 539 g/mol. The smallest absolute Gasteiger partial charge is 0.333 e. The zero-order chi connectivity index (χ0) is 27.0. The van der Waals surface area contributed by atoms with Gasteiger partial charge < -0.3 is 11.1 Å². The van der Waals surface area contributed by atoms with Crippen molar-refractivity contribution >= 4 is 28.9 Å². The van der Waals surface area contributed by atoms with Gasteiger partial charge in [0, 0.05) is 40.0 Å². The summed E-state index contributed by atoms with van der Waals surface area (Å²) >= 11 is 6.11. The van der Waals surface area contributed by atoms with Gasteiger partial charge in [-0.3, -0.25) is 19.1 Å². The summed E-state index contributed by atoms with van der Waals surface area (Å²) in [6, 6.07) is 8.95. The molecule has 4 heterocycles. The molecule has 1 amide bonds. The summed E-state index contributed by atoms with van der Waals surface area (Å²) in [5.74, 6) is -0.694. The van der Waals surface area contributed by atoms with Crippen LogP contribution >= 0.6 is 11.6 Å². The lowest BCUT2D eigenvalue weighted by atomic mass is 9.97. The lowest BCUT2D eigenvalue weighted by Gasteiger charge is -2.22. The SMILES string of the molecule is CC1CCCC(n2cnc(-c3cc(Cl)ccc3N)cc2=O)c2cc(ccn2)-c2c(cnn2C(F)F)NC1=O. The topological polar surface area (TPSA) is 121 Å². The van der Waals surface area contributed by atoms with Crippen molar-refractivity contribution in [1.29, 1.82) is 0 Å². The van der Waals surface area contributed by atoms with E-state index in [9.17, 15) is 18.4 Å². The van der Waals surface area contributed by atoms with Crippen molar-refractivity contribution in [3.05, 3.63) is 76.2 Å². The van der Waals surface area contributed by atoms with Crippen LogP contribution < -0.4 is 16.6 Å². The quantitative estimate of drug-likeness (QED) is 0.347. The number of rotatable bonds is 3. The number of carbonyl (C=O) groups is 1. The van der Waals surface area contributed by atoms with Crippen molar-refractivity contribution < 1.29 is 13.6 Å². The van der Waals surface area contributed by atoms with Gasteiger partial charge in [-0.15, -0.1) is 0 Å². The number of halogens is 3. The first kappa shape index (κ1) is 25.5. The van der Waals surface area contributed by atoms with Crippen molar-refractivity contribution in [2.45, 2.75) is 38.8 Å². The maximum Gasteiger partial charge on any atom is 0.333 e. The van der Waals surface area contributed by atoms with Crippen LogP contribution in [0.3, 0.4) is 0 Å². The molecule has 0 saturated heterocycles. The molecule has 38 heavy (non-hydrogen) atoms. The van der Waals surface area contributed by atoms with E-state index in [4.69, 9.17) is 17.3 Å². The maximum atomic E-state index is 13.8. The number of fused-ring (bicyclic) bond motifs is 4. The molecule has 0 saturated carbocycles. The summed E-state index contributed by atoms with van der Waals surface area (Å²) in [4.78, 5) is 35.1. The van der Waals surface area contributed by atoms with E-state index < -0.39 is 18.5 Å². The Labute approximate surface area is 221 Å². The second-order valence-electron chi connectivity index (χ2n) is 9.19. The molecule has 196 valence electrons. The minimum absolute atomic E-state index is 0.0563. The molecule has 1 aromatic carbocycles. The molecule has 2 atom stereocenters. The summed E-state index contributed by atoms with van der Waals surface area (Å²) in [6.45, 7) is -1.16. The van der Waals surface area contributed by atoms with Crippen molar-refractivity contribution in [2.75, 3.05) is 11.1 Å². The van der Waals surface area contributed by atoms with Crippen LogP contribution in [0.1, 0.15) is 44.5 Å². The van der Waals surface area contributed by atoms with Crippen LogP contribution in [0.5, 0.6) is 0 Å². The zero-order valence-electron chi connectivity index (χ0n) is 20.3. The summed E-state index contributed by atoms with van der Waals surface area (Å²) in [5, 5.41) is 6.98. The Kier molecular flexibility index (Phi) is 6.94. The van der Waals surface area contributed by atoms with Gasteiger partial charge in [0.15, 0.2) is 0 Å². The number of nitrogens with one attached hydrogen (secondary N) is 1. The van der Waals surface area contributed by atoms with Crippen molar-refractivity contribution in [3.63, 3.8) is 0 Å². The number of nitrogen functional groups attached to an aromatic ring is 1. The minimum Gasteiger partial charge on any atom is -0.398 e. The molecule has 2 unspecified atom stereocenters. The van der Waals surface area contributed by atoms with E-state index in [-0.39, 0.29) is 22.8 Å². The summed E-state index contributed by atoms with van der Waals surface area (Å²) < 4.78 is 29.6. The minimum atomic E-state index is -2.92. The molecule has 5 rings (SSSR count). The lowest BCUT2D eigenvalue weighted by Crippen LogP contribution is -2.27. The van der Waals surface area contributed by atoms with Crippen LogP contribution in [-0.4, -0.2) is 30.2 Å². The maximum absolute atomic E-state index is 13.8. The predicted molar refractivity (Wildman–Crippen MR) is 140 cm³/mol. The summed E-state index contributed by atoms with van der Waals surface area (Å²) in [5.41, 5.74) is 8.17. The second-order valence-corrected chi connectivity index (χ2v) is 9.62. The molecule has 0 aliphatic carbocycles. The fourth-order valence-corrected chi connectivity index (χ4v) is 4.82. The number of anilines is 2. The second kappa shape index (κ2) is 10.3. The Balaban J connectivity index is 1.62. The van der Waals surface area contributed by atoms with Gasteiger partial charge in [0.25, 0.3) is 5.56 Å². The van der Waals surface area contributed by atoms with Gasteiger partial charge in [-0.05, 0) is 43.2 Å². The van der Waals surface area contributed by atoms with Crippen molar-refractivity contribution in [3.8, 4) is 22.5 Å². The number of alkyl halides is 2. The molecule has 0 radical (unpaired) electrons. The third kappa shape index (κ3) is 4.89. The Morgan fingerprint density at radius 1 is 1.13 bits per heavy atom. The zero-order valence-corrected chi connectivity index (χ0v) is 21.1. The highest BCUT2D eigenvalue weighted by Gasteiger charge is 2.26. The number of hydrogen-bond acceptors (Lipinski definition) is 6. The lowest BCUT2D eigenvalue weighted by molar-refractivity contribution is -0.119. The van der Waals surface area contributed by atoms with E-state index in [0.29, 0.717) is 57.2 Å². The Bertz CT molecular complexity index is 1570. The first-order valence-electron chi connectivity index (χ1n) is 12.0. The van der Waals surface area contributed by atoms with Gasteiger partial charge in [-0.2, -0.15) is 13.9 Å². The molecular weight excluding hydrogens is 516 g/mol. The van der Waals surface area contributed by atoms with Gasteiger partial charge in [0.2, 0.25) is 5.91 Å². The van der Waals surface area contributed by atoms with Gasteiger partial charge >= 0.3 is 6.55 Å². The fourth-order valence-electron chi connectivity index (χ4n) is 4.64. The number of benzene rings is 1. The van der Waals surface area contributed by atoms with Gasteiger partial charge in [0.1, 0.15) is 0 Å². The number of hydrogen-bond donors (Lipinski definition) is 2. The molecule has 1 aliphatic heterocycles. The Hall–Kier alpha value is -4.12. The molecule has 3 aromatic heterocycles. The van der Waals surface area contributed by atoms with E-state index in [0.717, 1.165) is 0 Å². The van der Waals surface area contributed by atoms with Crippen LogP contribution in [0.15, 0.2) is 59.9 Å². The van der Waals surface area contributed by atoms with Crippen molar-refractivity contribution in [1.82, 2.24) is 24.3 Å². The van der Waals surface area contributed by atoms with Gasteiger partial charge in [0.05, 0.1) is 41.3 Å². The van der Waals surface area contributed by atoms with Crippen molar-refractivity contribution in [2.24, 2.45) is 5.92 Å². The van der Waals surface area contributed by atoms with Crippen LogP contribution in [-0.2, 0) is 4.79 Å². The highest BCUT2D eigenvalue weighted by atomic mass is 35.5. The molecular formula is C26H24ClF2N7O2. The van der Waals surface area contributed by atoms with E-state index >= 15 is 0 Å². The third-order valence-corrected chi connectivity index (χ3v) is 6.89. The van der Waals surface area contributed by atoms with E-state index in [1.54, 1.807) is 37.3 Å². The normalized spacial score (nSPS) is 17.9. The summed E-state index contributed by atoms with van der Waals surface area (Å²) in [7, 11) is 0. The van der Waals surface area contributed by atoms with E-state index in [2.05, 4.69) is 20.4 Å². The Morgan fingerprint density at radius 2 is 1.95 bits per heavy atom. The van der Waals surface area contributed by atoms with Crippen LogP contribution in [0, 0.1) is 5.92 Å². The molecule has 4 aromatic rings. The average molecular weight is 540 g/mol. The van der Waals surface area contributed by atoms with Crippen LogP contribution in [0.25, 0.3) is 22.5 Å². The predicted octanol–water partition coefficient (Wildman–Crippen LogP) is 5.15. The molecule has 1 aliphatic rings. The standard InChI is InChI=1S/C26H24ClF2N7O2/c1-14-3-2-4-22(35-13-32-19(11-23(35)37)17-10-16(27)5-6-18(17)30)20-9-15(7-8-31-20)24-21(34-25(14)38)12-33-36(24)26(28)29/h5-14,22,26H,2-4,30H2,1H3,(H,34,38). The molecule has 2 bridgehead atoms. The number of nitrogens with two attached hydrogens (primary N) is 1. The highest BCUT2D eigenvalue weighted by molar-refractivity contribution is 6.31. The Morgan fingerprint density at radius 3 is 2.71 bits per heavy atom. The highest BCUT2D eigenvalue weighted by Crippen LogP contribution is 2.35. The van der Waals surface area contributed by atoms with Gasteiger partial charge in [-0.25, -0.2) is 9.67 Å². The van der Waals surface area contributed by atoms with Gasteiger partial charge in [-0.1, -0.05) is 24.9 Å².